The molecule has 0 fully saturated rings. The van der Waals surface area contributed by atoms with Crippen LogP contribution in [0.15, 0.2) is 23.2 Å². The molecule has 112 valence electrons. The Morgan fingerprint density at radius 3 is 2.48 bits per heavy atom. The summed E-state index contributed by atoms with van der Waals surface area (Å²) in [5.41, 5.74) is 3.36. The Kier molecular flexibility index (Phi) is 2.91. The number of rotatable bonds is 1. The summed E-state index contributed by atoms with van der Waals surface area (Å²) < 4.78 is 0. The van der Waals surface area contributed by atoms with Gasteiger partial charge in [-0.1, -0.05) is 19.9 Å². The van der Waals surface area contributed by atoms with Gasteiger partial charge in [0.2, 0.25) is 5.91 Å². The van der Waals surface area contributed by atoms with Crippen molar-refractivity contribution in [2.24, 2.45) is 4.99 Å². The van der Waals surface area contributed by atoms with E-state index in [0.29, 0.717) is 0 Å². The Hall–Kier alpha value is -1.84. The zero-order valence-corrected chi connectivity index (χ0v) is 13.5. The molecule has 2 heterocycles. The zero-order valence-electron chi connectivity index (χ0n) is 13.5. The standard InChI is InChI=1S/C17H23N3O/c1-12(21)20-9-16(2,3)14-7-6-13(8-15(14)20)19-10-17(4,5)18-11-19/h6-8,11H,9-10H2,1-5H3. The topological polar surface area (TPSA) is 35.9 Å². The molecule has 0 aromatic heterocycles. The smallest absolute Gasteiger partial charge is 0.223 e. The number of carbonyl (C=O) groups excluding carboxylic acids is 1. The molecule has 0 bridgehead atoms. The fourth-order valence-electron chi connectivity index (χ4n) is 3.22. The van der Waals surface area contributed by atoms with Crippen LogP contribution in [-0.4, -0.2) is 30.9 Å². The van der Waals surface area contributed by atoms with Gasteiger partial charge in [0.1, 0.15) is 0 Å². The summed E-state index contributed by atoms with van der Waals surface area (Å²) in [6.45, 7) is 11.9. The summed E-state index contributed by atoms with van der Waals surface area (Å²) in [7, 11) is 0. The molecule has 1 aromatic carbocycles. The lowest BCUT2D eigenvalue weighted by Crippen LogP contribution is -2.32. The molecule has 2 aliphatic rings. The van der Waals surface area contributed by atoms with Crippen molar-refractivity contribution >= 4 is 23.6 Å². The third-order valence-electron chi connectivity index (χ3n) is 4.37. The Balaban J connectivity index is 2.00. The number of fused-ring (bicyclic) bond motifs is 1. The molecular weight excluding hydrogens is 262 g/mol. The highest BCUT2D eigenvalue weighted by Crippen LogP contribution is 2.42. The molecule has 1 aromatic rings. The van der Waals surface area contributed by atoms with Crippen LogP contribution in [0.5, 0.6) is 0 Å². The fraction of sp³-hybridized carbons (Fsp3) is 0.529. The fourth-order valence-corrected chi connectivity index (χ4v) is 3.22. The second-order valence-corrected chi connectivity index (χ2v) is 7.38. The SMILES string of the molecule is CC(=O)N1CC(C)(C)c2ccc(N3C=NC(C)(C)C3)cc21. The van der Waals surface area contributed by atoms with Gasteiger partial charge in [-0.05, 0) is 31.5 Å². The average Bonchev–Trinajstić information content (AvgIpc) is 2.87. The van der Waals surface area contributed by atoms with Crippen LogP contribution >= 0.6 is 0 Å². The highest BCUT2D eigenvalue weighted by molar-refractivity contribution is 5.96. The Labute approximate surface area is 126 Å². The summed E-state index contributed by atoms with van der Waals surface area (Å²) in [6, 6.07) is 6.42. The largest absolute Gasteiger partial charge is 0.330 e. The van der Waals surface area contributed by atoms with Crippen LogP contribution in [-0.2, 0) is 10.2 Å². The second-order valence-electron chi connectivity index (χ2n) is 7.38. The zero-order chi connectivity index (χ0) is 15.4. The van der Waals surface area contributed by atoms with E-state index in [1.165, 1.54) is 5.56 Å². The molecule has 0 saturated carbocycles. The van der Waals surface area contributed by atoms with Crippen molar-refractivity contribution in [3.05, 3.63) is 23.8 Å². The van der Waals surface area contributed by atoms with Crippen molar-refractivity contribution < 1.29 is 4.79 Å². The van der Waals surface area contributed by atoms with Gasteiger partial charge in [0.15, 0.2) is 0 Å². The number of carbonyl (C=O) groups is 1. The van der Waals surface area contributed by atoms with E-state index in [1.54, 1.807) is 6.92 Å². The highest BCUT2D eigenvalue weighted by Gasteiger charge is 2.37. The molecule has 4 nitrogen and oxygen atoms in total. The summed E-state index contributed by atoms with van der Waals surface area (Å²) >= 11 is 0. The monoisotopic (exact) mass is 285 g/mol. The van der Waals surface area contributed by atoms with E-state index in [9.17, 15) is 4.79 Å². The number of nitrogens with zero attached hydrogens (tertiary/aromatic N) is 3. The molecule has 0 N–H and O–H groups in total. The van der Waals surface area contributed by atoms with E-state index in [4.69, 9.17) is 0 Å². The van der Waals surface area contributed by atoms with Gasteiger partial charge >= 0.3 is 0 Å². The van der Waals surface area contributed by atoms with Crippen molar-refractivity contribution in [2.75, 3.05) is 22.9 Å². The van der Waals surface area contributed by atoms with E-state index in [0.717, 1.165) is 24.5 Å². The highest BCUT2D eigenvalue weighted by atomic mass is 16.2. The molecule has 1 amide bonds. The predicted molar refractivity (Wildman–Crippen MR) is 87.4 cm³/mol. The van der Waals surface area contributed by atoms with Crippen molar-refractivity contribution in [3.63, 3.8) is 0 Å². The van der Waals surface area contributed by atoms with Crippen molar-refractivity contribution in [1.29, 1.82) is 0 Å². The van der Waals surface area contributed by atoms with Gasteiger partial charge in [0.25, 0.3) is 0 Å². The molecule has 0 atom stereocenters. The molecule has 0 unspecified atom stereocenters. The predicted octanol–water partition coefficient (Wildman–Crippen LogP) is 2.96. The molecule has 0 aliphatic carbocycles. The van der Waals surface area contributed by atoms with Crippen LogP contribution in [0, 0.1) is 0 Å². The quantitative estimate of drug-likeness (QED) is 0.795. The van der Waals surface area contributed by atoms with Gasteiger partial charge in [0, 0.05) is 36.8 Å². The van der Waals surface area contributed by atoms with Crippen LogP contribution < -0.4 is 9.80 Å². The van der Waals surface area contributed by atoms with E-state index in [1.807, 2.05) is 11.2 Å². The number of aliphatic imine (C=N–C) groups is 1. The van der Waals surface area contributed by atoms with Gasteiger partial charge in [-0.3, -0.25) is 9.79 Å². The summed E-state index contributed by atoms with van der Waals surface area (Å²) in [5, 5.41) is 0. The third-order valence-corrected chi connectivity index (χ3v) is 4.37. The first-order valence-corrected chi connectivity index (χ1v) is 7.44. The number of benzene rings is 1. The molecule has 21 heavy (non-hydrogen) atoms. The number of hydrogen-bond acceptors (Lipinski definition) is 3. The van der Waals surface area contributed by atoms with E-state index in [2.05, 4.69) is 55.8 Å². The Morgan fingerprint density at radius 1 is 1.19 bits per heavy atom. The molecule has 0 saturated heterocycles. The van der Waals surface area contributed by atoms with Crippen LogP contribution in [0.1, 0.15) is 40.2 Å². The molecule has 0 spiro atoms. The van der Waals surface area contributed by atoms with Crippen LogP contribution in [0.2, 0.25) is 0 Å². The van der Waals surface area contributed by atoms with Crippen LogP contribution in [0.4, 0.5) is 11.4 Å². The lowest BCUT2D eigenvalue weighted by atomic mass is 9.87. The Morgan fingerprint density at radius 2 is 1.90 bits per heavy atom. The van der Waals surface area contributed by atoms with E-state index in [-0.39, 0.29) is 16.9 Å². The lowest BCUT2D eigenvalue weighted by Gasteiger charge is -2.22. The first-order chi connectivity index (χ1) is 9.70. The number of anilines is 2. The van der Waals surface area contributed by atoms with Gasteiger partial charge in [-0.2, -0.15) is 0 Å². The minimum Gasteiger partial charge on any atom is -0.330 e. The molecule has 0 radical (unpaired) electrons. The third kappa shape index (κ3) is 2.33. The van der Waals surface area contributed by atoms with Crippen LogP contribution in [0.3, 0.4) is 0 Å². The van der Waals surface area contributed by atoms with Gasteiger partial charge < -0.3 is 9.80 Å². The van der Waals surface area contributed by atoms with Gasteiger partial charge in [-0.15, -0.1) is 0 Å². The van der Waals surface area contributed by atoms with Gasteiger partial charge in [-0.25, -0.2) is 0 Å². The molecular formula is C17H23N3O. The first-order valence-electron chi connectivity index (χ1n) is 7.44. The molecule has 4 heteroatoms. The minimum atomic E-state index is -0.0431. The summed E-state index contributed by atoms with van der Waals surface area (Å²) in [4.78, 5) is 20.5. The second kappa shape index (κ2) is 4.33. The van der Waals surface area contributed by atoms with Gasteiger partial charge in [0.05, 0.1) is 11.9 Å². The lowest BCUT2D eigenvalue weighted by molar-refractivity contribution is -0.116. The normalized spacial score (nSPS) is 21.8. The first kappa shape index (κ1) is 14.1. The maximum absolute atomic E-state index is 11.9. The van der Waals surface area contributed by atoms with Crippen molar-refractivity contribution in [2.45, 2.75) is 45.6 Å². The van der Waals surface area contributed by atoms with E-state index >= 15 is 0 Å². The minimum absolute atomic E-state index is 0.0118. The van der Waals surface area contributed by atoms with Crippen molar-refractivity contribution in [1.82, 2.24) is 0 Å². The van der Waals surface area contributed by atoms with E-state index < -0.39 is 0 Å². The average molecular weight is 285 g/mol. The maximum atomic E-state index is 11.9. The number of hydrogen-bond donors (Lipinski definition) is 0. The van der Waals surface area contributed by atoms with Crippen molar-refractivity contribution in [3.8, 4) is 0 Å². The molecule has 2 aliphatic heterocycles. The number of amides is 1. The van der Waals surface area contributed by atoms with Crippen LogP contribution in [0.25, 0.3) is 0 Å². The maximum Gasteiger partial charge on any atom is 0.223 e. The Bertz CT molecular complexity index is 631. The summed E-state index contributed by atoms with van der Waals surface area (Å²) in [5.74, 6) is 0.106. The summed E-state index contributed by atoms with van der Waals surface area (Å²) in [6.07, 6.45) is 1.90. The molecule has 3 rings (SSSR count).